The highest BCUT2D eigenvalue weighted by atomic mass is 35.5. The fourth-order valence-corrected chi connectivity index (χ4v) is 4.49. The van der Waals surface area contributed by atoms with E-state index in [0.29, 0.717) is 10.3 Å². The van der Waals surface area contributed by atoms with Crippen LogP contribution >= 0.6 is 23.2 Å². The molecule has 1 aromatic heterocycles. The lowest BCUT2D eigenvalue weighted by molar-refractivity contribution is 0.734. The van der Waals surface area contributed by atoms with E-state index in [-0.39, 0.29) is 11.8 Å². The second kappa shape index (κ2) is 4.31. The number of aromatic nitrogens is 2. The highest BCUT2D eigenvalue weighted by Gasteiger charge is 2.44. The molecule has 106 valence electrons. The third kappa shape index (κ3) is 1.42. The minimum Gasteiger partial charge on any atom is -0.137 e. The fraction of sp³-hybridized carbons (Fsp3) is 0.111. The van der Waals surface area contributed by atoms with E-state index in [0.717, 1.165) is 11.1 Å². The van der Waals surface area contributed by atoms with Crippen molar-refractivity contribution in [2.45, 2.75) is 11.8 Å². The zero-order chi connectivity index (χ0) is 14.8. The van der Waals surface area contributed by atoms with Gasteiger partial charge in [0.1, 0.15) is 0 Å². The topological polar surface area (TPSA) is 25.8 Å². The Kier molecular flexibility index (Phi) is 2.47. The van der Waals surface area contributed by atoms with Crippen LogP contribution in [0, 0.1) is 0 Å². The summed E-state index contributed by atoms with van der Waals surface area (Å²) in [4.78, 5) is 0. The lowest BCUT2D eigenvalue weighted by Crippen LogP contribution is -2.28. The van der Waals surface area contributed by atoms with Crippen molar-refractivity contribution in [1.82, 2.24) is 10.2 Å². The Bertz CT molecular complexity index is 814. The van der Waals surface area contributed by atoms with Gasteiger partial charge in [-0.1, -0.05) is 71.7 Å². The molecule has 6 rings (SSSR count). The SMILES string of the molecule is Clc1nnc(Cl)c2c1C1c3ccccc3C2c2ccccc21. The molecule has 2 bridgehead atoms. The minimum absolute atomic E-state index is 0.0906. The molecule has 0 atom stereocenters. The maximum absolute atomic E-state index is 6.41. The molecular formula is C18H10Cl2N2. The molecular weight excluding hydrogens is 315 g/mol. The average molecular weight is 325 g/mol. The summed E-state index contributed by atoms with van der Waals surface area (Å²) < 4.78 is 0. The predicted octanol–water partition coefficient (Wildman–Crippen LogP) is 4.77. The van der Waals surface area contributed by atoms with Crippen LogP contribution in [0.25, 0.3) is 0 Å². The van der Waals surface area contributed by atoms with Gasteiger partial charge in [0.25, 0.3) is 0 Å². The maximum Gasteiger partial charge on any atom is 0.156 e. The molecule has 0 fully saturated rings. The van der Waals surface area contributed by atoms with Crippen LogP contribution in [0.4, 0.5) is 0 Å². The molecule has 2 aromatic carbocycles. The van der Waals surface area contributed by atoms with Crippen molar-refractivity contribution >= 4 is 23.2 Å². The summed E-state index contributed by atoms with van der Waals surface area (Å²) in [7, 11) is 0. The molecule has 0 radical (unpaired) electrons. The lowest BCUT2D eigenvalue weighted by atomic mass is 9.62. The van der Waals surface area contributed by atoms with Gasteiger partial charge < -0.3 is 0 Å². The van der Waals surface area contributed by atoms with Crippen molar-refractivity contribution in [3.8, 4) is 0 Å². The second-order valence-corrected chi connectivity index (χ2v) is 6.45. The molecule has 3 aliphatic carbocycles. The smallest absolute Gasteiger partial charge is 0.137 e. The van der Waals surface area contributed by atoms with Gasteiger partial charge in [-0.05, 0) is 22.3 Å². The van der Waals surface area contributed by atoms with Gasteiger partial charge in [-0.25, -0.2) is 0 Å². The fourth-order valence-electron chi connectivity index (χ4n) is 4.00. The van der Waals surface area contributed by atoms with E-state index in [1.165, 1.54) is 22.3 Å². The van der Waals surface area contributed by atoms with Crippen LogP contribution in [-0.4, -0.2) is 10.2 Å². The molecule has 0 aliphatic heterocycles. The minimum atomic E-state index is 0.0906. The van der Waals surface area contributed by atoms with Crippen molar-refractivity contribution in [1.29, 1.82) is 0 Å². The number of benzene rings is 2. The van der Waals surface area contributed by atoms with Gasteiger partial charge in [0.2, 0.25) is 0 Å². The van der Waals surface area contributed by atoms with Crippen molar-refractivity contribution in [2.75, 3.05) is 0 Å². The molecule has 22 heavy (non-hydrogen) atoms. The maximum atomic E-state index is 6.41. The number of nitrogens with zero attached hydrogens (tertiary/aromatic N) is 2. The molecule has 1 heterocycles. The Balaban J connectivity index is 1.96. The van der Waals surface area contributed by atoms with Crippen LogP contribution in [0.2, 0.25) is 10.3 Å². The van der Waals surface area contributed by atoms with Crippen LogP contribution in [0.3, 0.4) is 0 Å². The molecule has 4 heteroatoms. The largest absolute Gasteiger partial charge is 0.156 e. The van der Waals surface area contributed by atoms with Crippen molar-refractivity contribution in [3.05, 3.63) is 92.2 Å². The molecule has 0 unspecified atom stereocenters. The summed E-state index contributed by atoms with van der Waals surface area (Å²) in [5.74, 6) is 0.181. The summed E-state index contributed by atoms with van der Waals surface area (Å²) in [6.45, 7) is 0. The van der Waals surface area contributed by atoms with Gasteiger partial charge in [0.15, 0.2) is 10.3 Å². The van der Waals surface area contributed by atoms with E-state index < -0.39 is 0 Å². The molecule has 0 amide bonds. The molecule has 0 saturated heterocycles. The number of rotatable bonds is 0. The second-order valence-electron chi connectivity index (χ2n) is 5.73. The van der Waals surface area contributed by atoms with E-state index in [9.17, 15) is 0 Å². The molecule has 0 saturated carbocycles. The van der Waals surface area contributed by atoms with Crippen LogP contribution < -0.4 is 0 Å². The third-order valence-corrected chi connectivity index (χ3v) is 5.33. The zero-order valence-electron chi connectivity index (χ0n) is 11.4. The van der Waals surface area contributed by atoms with Gasteiger partial charge in [-0.15, -0.1) is 10.2 Å². The van der Waals surface area contributed by atoms with Crippen LogP contribution in [0.1, 0.15) is 45.2 Å². The Morgan fingerprint density at radius 3 is 1.23 bits per heavy atom. The third-order valence-electron chi connectivity index (χ3n) is 4.77. The predicted molar refractivity (Wildman–Crippen MR) is 86.8 cm³/mol. The normalized spacial score (nSPS) is 20.3. The standard InChI is InChI=1S/C18H10Cl2N2/c19-17-15-13-9-5-1-2-6-10(9)14(16(15)18(20)22-21-17)12-8-4-3-7-11(12)13/h1-8,13-14H. The van der Waals surface area contributed by atoms with E-state index >= 15 is 0 Å². The number of hydrogen-bond donors (Lipinski definition) is 0. The van der Waals surface area contributed by atoms with Gasteiger partial charge >= 0.3 is 0 Å². The first kappa shape index (κ1) is 12.6. The summed E-state index contributed by atoms with van der Waals surface area (Å²) in [5.41, 5.74) is 7.22. The van der Waals surface area contributed by atoms with E-state index in [4.69, 9.17) is 23.2 Å². The summed E-state index contributed by atoms with van der Waals surface area (Å²) in [6, 6.07) is 17.0. The van der Waals surface area contributed by atoms with Crippen molar-refractivity contribution in [3.63, 3.8) is 0 Å². The molecule has 3 aromatic rings. The monoisotopic (exact) mass is 324 g/mol. The van der Waals surface area contributed by atoms with E-state index in [2.05, 4.69) is 58.7 Å². The summed E-state index contributed by atoms with van der Waals surface area (Å²) in [5, 5.41) is 8.99. The Hall–Kier alpha value is -1.90. The van der Waals surface area contributed by atoms with Crippen molar-refractivity contribution < 1.29 is 0 Å². The molecule has 2 nitrogen and oxygen atoms in total. The molecule has 3 aliphatic rings. The number of hydrogen-bond acceptors (Lipinski definition) is 2. The van der Waals surface area contributed by atoms with Crippen LogP contribution in [0.5, 0.6) is 0 Å². The van der Waals surface area contributed by atoms with Crippen LogP contribution in [-0.2, 0) is 0 Å². The first-order chi connectivity index (χ1) is 10.8. The van der Waals surface area contributed by atoms with Crippen molar-refractivity contribution in [2.24, 2.45) is 0 Å². The summed E-state index contributed by atoms with van der Waals surface area (Å²) in [6.07, 6.45) is 0. The highest BCUT2D eigenvalue weighted by molar-refractivity contribution is 6.32. The highest BCUT2D eigenvalue weighted by Crippen LogP contribution is 2.57. The van der Waals surface area contributed by atoms with Gasteiger partial charge in [0, 0.05) is 23.0 Å². The quantitative estimate of drug-likeness (QED) is 0.410. The van der Waals surface area contributed by atoms with E-state index in [1.54, 1.807) is 0 Å². The lowest BCUT2D eigenvalue weighted by Gasteiger charge is -2.42. The van der Waals surface area contributed by atoms with Gasteiger partial charge in [-0.3, -0.25) is 0 Å². The first-order valence-corrected chi connectivity index (χ1v) is 7.92. The molecule has 0 spiro atoms. The molecule has 0 N–H and O–H groups in total. The summed E-state index contributed by atoms with van der Waals surface area (Å²) >= 11 is 12.8. The van der Waals surface area contributed by atoms with Gasteiger partial charge in [-0.2, -0.15) is 0 Å². The Labute approximate surface area is 137 Å². The first-order valence-electron chi connectivity index (χ1n) is 7.16. The Morgan fingerprint density at radius 1 is 0.591 bits per heavy atom. The average Bonchev–Trinajstić information content (AvgIpc) is 2.58. The Morgan fingerprint density at radius 2 is 0.909 bits per heavy atom. The van der Waals surface area contributed by atoms with E-state index in [1.807, 2.05) is 0 Å². The van der Waals surface area contributed by atoms with Crippen LogP contribution in [0.15, 0.2) is 48.5 Å². The number of halogens is 2. The van der Waals surface area contributed by atoms with Gasteiger partial charge in [0.05, 0.1) is 0 Å². The zero-order valence-corrected chi connectivity index (χ0v) is 12.9.